The fraction of sp³-hybridized carbons (Fsp3) is 0.579. The largest absolute Gasteiger partial charge is 0.390 e. The summed E-state index contributed by atoms with van der Waals surface area (Å²) in [4.78, 5) is 7.76. The van der Waals surface area contributed by atoms with Gasteiger partial charge in [-0.25, -0.2) is 9.67 Å². The fourth-order valence-corrected chi connectivity index (χ4v) is 6.17. The van der Waals surface area contributed by atoms with Gasteiger partial charge in [-0.2, -0.15) is 0 Å². The molecule has 3 aromatic rings. The molecule has 0 aromatic carbocycles. The molecule has 7 rings (SSSR count). The SMILES string of the molecule is Cn1nnnc1-c1cnc2[nH]ccc2c1N[C@@H]1[C@@H]2CC3C[C@H]1CC(O)(C3)C2. The van der Waals surface area contributed by atoms with Crippen LogP contribution in [0.25, 0.3) is 22.4 Å². The van der Waals surface area contributed by atoms with Crippen molar-refractivity contribution < 1.29 is 5.11 Å². The average molecular weight is 365 g/mol. The number of tetrazole rings is 1. The van der Waals surface area contributed by atoms with E-state index in [1.54, 1.807) is 4.68 Å². The monoisotopic (exact) mass is 365 g/mol. The van der Waals surface area contributed by atoms with Crippen LogP contribution in [0.2, 0.25) is 0 Å². The third kappa shape index (κ3) is 2.25. The molecule has 4 aliphatic carbocycles. The smallest absolute Gasteiger partial charge is 0.185 e. The predicted octanol–water partition coefficient (Wildman–Crippen LogP) is 2.10. The van der Waals surface area contributed by atoms with E-state index >= 15 is 0 Å². The van der Waals surface area contributed by atoms with E-state index in [4.69, 9.17) is 0 Å². The first kappa shape index (κ1) is 15.6. The third-order valence-electron chi connectivity index (χ3n) is 7.00. The molecule has 4 bridgehead atoms. The van der Waals surface area contributed by atoms with Gasteiger partial charge in [0.2, 0.25) is 0 Å². The first-order chi connectivity index (χ1) is 13.1. The highest BCUT2D eigenvalue weighted by Crippen LogP contribution is 2.56. The molecule has 3 aromatic heterocycles. The molecule has 5 atom stereocenters. The van der Waals surface area contributed by atoms with Gasteiger partial charge in [0.1, 0.15) is 5.65 Å². The number of aromatic amines is 1. The van der Waals surface area contributed by atoms with E-state index < -0.39 is 5.60 Å². The summed E-state index contributed by atoms with van der Waals surface area (Å²) in [7, 11) is 1.85. The van der Waals surface area contributed by atoms with Crippen molar-refractivity contribution in [3.8, 4) is 11.4 Å². The zero-order chi connectivity index (χ0) is 18.2. The lowest BCUT2D eigenvalue weighted by molar-refractivity contribution is -0.129. The zero-order valence-electron chi connectivity index (χ0n) is 15.3. The van der Waals surface area contributed by atoms with Gasteiger partial charge in [0.05, 0.1) is 16.9 Å². The van der Waals surface area contributed by atoms with Crippen LogP contribution in [-0.4, -0.2) is 46.9 Å². The minimum atomic E-state index is -0.424. The van der Waals surface area contributed by atoms with Crippen LogP contribution in [0.5, 0.6) is 0 Å². The van der Waals surface area contributed by atoms with Crippen molar-refractivity contribution in [1.29, 1.82) is 0 Å². The van der Waals surface area contributed by atoms with Crippen LogP contribution >= 0.6 is 0 Å². The van der Waals surface area contributed by atoms with E-state index in [0.29, 0.717) is 29.6 Å². The van der Waals surface area contributed by atoms with Crippen LogP contribution in [0, 0.1) is 17.8 Å². The minimum absolute atomic E-state index is 0.377. The normalized spacial score (nSPS) is 34.4. The molecule has 3 heterocycles. The number of aromatic nitrogens is 6. The van der Waals surface area contributed by atoms with Crippen molar-refractivity contribution in [1.82, 2.24) is 30.2 Å². The number of fused-ring (bicyclic) bond motifs is 1. The molecule has 0 radical (unpaired) electrons. The number of hydrogen-bond acceptors (Lipinski definition) is 6. The Morgan fingerprint density at radius 1 is 1.26 bits per heavy atom. The van der Waals surface area contributed by atoms with E-state index in [2.05, 4.69) is 36.9 Å². The van der Waals surface area contributed by atoms with Gasteiger partial charge in [-0.1, -0.05) is 0 Å². The number of nitrogens with zero attached hydrogens (tertiary/aromatic N) is 5. The summed E-state index contributed by atoms with van der Waals surface area (Å²) in [6.07, 6.45) is 9.04. The Bertz CT molecular complexity index is 1010. The Kier molecular flexibility index (Phi) is 3.05. The maximum absolute atomic E-state index is 10.9. The Morgan fingerprint density at radius 3 is 2.78 bits per heavy atom. The Hall–Kier alpha value is -2.48. The van der Waals surface area contributed by atoms with E-state index in [9.17, 15) is 5.11 Å². The summed E-state index contributed by atoms with van der Waals surface area (Å²) in [5, 5.41) is 27.8. The summed E-state index contributed by atoms with van der Waals surface area (Å²) in [5.74, 6) is 2.44. The van der Waals surface area contributed by atoms with Crippen LogP contribution in [0.4, 0.5) is 5.69 Å². The molecule has 0 amide bonds. The molecule has 0 saturated heterocycles. The van der Waals surface area contributed by atoms with Crippen LogP contribution in [-0.2, 0) is 7.05 Å². The molecule has 4 fully saturated rings. The molecular weight excluding hydrogens is 342 g/mol. The number of aliphatic hydroxyl groups is 1. The summed E-state index contributed by atoms with van der Waals surface area (Å²) in [6.45, 7) is 0. The number of anilines is 1. The maximum Gasteiger partial charge on any atom is 0.185 e. The lowest BCUT2D eigenvalue weighted by Gasteiger charge is -2.58. The first-order valence-corrected chi connectivity index (χ1v) is 9.77. The minimum Gasteiger partial charge on any atom is -0.390 e. The second kappa shape index (κ2) is 5.28. The van der Waals surface area contributed by atoms with Gasteiger partial charge in [-0.15, -0.1) is 5.10 Å². The molecule has 140 valence electrons. The molecule has 8 nitrogen and oxygen atoms in total. The first-order valence-electron chi connectivity index (χ1n) is 9.77. The lowest BCUT2D eigenvalue weighted by Crippen LogP contribution is -2.59. The van der Waals surface area contributed by atoms with E-state index in [1.165, 1.54) is 12.8 Å². The maximum atomic E-state index is 10.9. The van der Waals surface area contributed by atoms with Crippen LogP contribution in [0.3, 0.4) is 0 Å². The molecule has 3 N–H and O–H groups in total. The van der Waals surface area contributed by atoms with E-state index in [1.807, 2.05) is 19.4 Å². The van der Waals surface area contributed by atoms with Gasteiger partial charge in [0, 0.05) is 30.9 Å². The summed E-state index contributed by atoms with van der Waals surface area (Å²) in [6, 6.07) is 2.43. The Morgan fingerprint density at radius 2 is 2.07 bits per heavy atom. The molecule has 8 heteroatoms. The second-order valence-electron chi connectivity index (χ2n) is 8.78. The average Bonchev–Trinajstić information content (AvgIpc) is 3.25. The van der Waals surface area contributed by atoms with Crippen molar-refractivity contribution >= 4 is 16.7 Å². The lowest BCUT2D eigenvalue weighted by atomic mass is 9.52. The topological polar surface area (TPSA) is 105 Å². The summed E-state index contributed by atoms with van der Waals surface area (Å²) < 4.78 is 1.68. The molecular formula is C19H23N7O. The van der Waals surface area contributed by atoms with Gasteiger partial charge < -0.3 is 15.4 Å². The summed E-state index contributed by atoms with van der Waals surface area (Å²) >= 11 is 0. The summed E-state index contributed by atoms with van der Waals surface area (Å²) in [5.41, 5.74) is 2.40. The number of nitrogens with one attached hydrogen (secondary N) is 2. The zero-order valence-corrected chi connectivity index (χ0v) is 15.3. The standard InChI is InChI=1S/C19H23N7O/c1-26-18(23-24-25-26)14-9-21-17-13(2-3-20-17)16(14)22-15-11-4-10-5-12(15)8-19(27,6-10)7-11/h2-3,9-12,15,27H,4-8H2,1H3,(H2,20,21,22)/t10?,11-,12+,15-,19?. The molecule has 0 aliphatic heterocycles. The molecule has 4 saturated carbocycles. The van der Waals surface area contributed by atoms with Gasteiger partial charge in [-0.3, -0.25) is 0 Å². The van der Waals surface area contributed by atoms with Crippen molar-refractivity contribution in [3.05, 3.63) is 18.5 Å². The highest BCUT2D eigenvalue weighted by Gasteiger charge is 2.54. The van der Waals surface area contributed by atoms with Gasteiger partial charge in [0.15, 0.2) is 5.82 Å². The highest BCUT2D eigenvalue weighted by atomic mass is 16.3. The van der Waals surface area contributed by atoms with Crippen LogP contribution < -0.4 is 5.32 Å². The van der Waals surface area contributed by atoms with Crippen molar-refractivity contribution in [2.24, 2.45) is 24.8 Å². The van der Waals surface area contributed by atoms with Crippen molar-refractivity contribution in [2.45, 2.75) is 43.7 Å². The van der Waals surface area contributed by atoms with Gasteiger partial charge in [0.25, 0.3) is 0 Å². The van der Waals surface area contributed by atoms with E-state index in [-0.39, 0.29) is 0 Å². The fourth-order valence-electron chi connectivity index (χ4n) is 6.17. The van der Waals surface area contributed by atoms with Crippen LogP contribution in [0.1, 0.15) is 32.1 Å². The predicted molar refractivity (Wildman–Crippen MR) is 99.8 cm³/mol. The van der Waals surface area contributed by atoms with Crippen molar-refractivity contribution in [3.63, 3.8) is 0 Å². The van der Waals surface area contributed by atoms with Crippen molar-refractivity contribution in [2.75, 3.05) is 5.32 Å². The molecule has 0 spiro atoms. The second-order valence-corrected chi connectivity index (χ2v) is 8.78. The van der Waals surface area contributed by atoms with Gasteiger partial charge >= 0.3 is 0 Å². The van der Waals surface area contributed by atoms with E-state index in [0.717, 1.165) is 41.5 Å². The van der Waals surface area contributed by atoms with Crippen LogP contribution in [0.15, 0.2) is 18.5 Å². The Balaban J connectivity index is 1.44. The number of aryl methyl sites for hydroxylation is 1. The Labute approximate surface area is 156 Å². The third-order valence-corrected chi connectivity index (χ3v) is 7.00. The van der Waals surface area contributed by atoms with Gasteiger partial charge in [-0.05, 0) is 66.4 Å². The number of pyridine rings is 1. The molecule has 27 heavy (non-hydrogen) atoms. The molecule has 4 aliphatic rings. The molecule has 2 unspecified atom stereocenters. The quantitative estimate of drug-likeness (QED) is 0.657. The number of rotatable bonds is 3. The number of H-pyrrole nitrogens is 1. The number of hydrogen-bond donors (Lipinski definition) is 3. The highest BCUT2D eigenvalue weighted by molar-refractivity contribution is 5.97.